The Kier molecular flexibility index (Phi) is 7.00. The van der Waals surface area contributed by atoms with Crippen molar-refractivity contribution >= 4 is 39.3 Å². The number of nitrogens with one attached hydrogen (secondary N) is 2. The van der Waals surface area contributed by atoms with Crippen LogP contribution in [0.3, 0.4) is 0 Å². The number of hydrogen-bond donors (Lipinski definition) is 3. The van der Waals surface area contributed by atoms with Gasteiger partial charge >= 0.3 is 6.09 Å². The van der Waals surface area contributed by atoms with Crippen LogP contribution in [0.25, 0.3) is 0 Å². The average molecular weight is 457 g/mol. The second-order valence-electron chi connectivity index (χ2n) is 7.33. The third kappa shape index (κ3) is 6.32. The van der Waals surface area contributed by atoms with Crippen molar-refractivity contribution < 1.29 is 19.1 Å². The molecule has 2 amide bonds. The maximum absolute atomic E-state index is 13.2. The van der Waals surface area contributed by atoms with Crippen molar-refractivity contribution in [3.05, 3.63) is 56.4 Å². The van der Waals surface area contributed by atoms with E-state index >= 15 is 0 Å². The van der Waals surface area contributed by atoms with Gasteiger partial charge in [-0.25, -0.2) is 9.18 Å². The minimum absolute atomic E-state index is 0.278. The monoisotopic (exact) mass is 456 g/mol. The topological polar surface area (TPSA) is 78.4 Å². The second-order valence-corrected chi connectivity index (χ2v) is 9.16. The predicted octanol–water partition coefficient (Wildman–Crippen LogP) is 4.67. The molecule has 1 aromatic carbocycles. The van der Waals surface area contributed by atoms with Gasteiger partial charge in [-0.05, 0) is 51.5 Å². The van der Waals surface area contributed by atoms with Crippen molar-refractivity contribution in [2.24, 2.45) is 5.41 Å². The lowest BCUT2D eigenvalue weighted by atomic mass is 9.80. The van der Waals surface area contributed by atoms with E-state index in [9.17, 15) is 19.1 Å². The van der Waals surface area contributed by atoms with E-state index in [1.807, 2.05) is 20.8 Å². The van der Waals surface area contributed by atoms with Gasteiger partial charge < -0.3 is 15.7 Å². The zero-order chi connectivity index (χ0) is 20.2. The molecular weight excluding hydrogens is 435 g/mol. The molecule has 5 nitrogen and oxygen atoms in total. The molecule has 0 aliphatic carbocycles. The minimum Gasteiger partial charge on any atom is -0.465 e. The normalized spacial score (nSPS) is 13.7. The molecule has 0 saturated carbocycles. The first-order valence-electron chi connectivity index (χ1n) is 8.35. The van der Waals surface area contributed by atoms with E-state index in [0.29, 0.717) is 11.3 Å². The summed E-state index contributed by atoms with van der Waals surface area (Å²) in [6.45, 7) is 5.71. The number of rotatable bonds is 6. The molecule has 0 bridgehead atoms. The number of carboxylic acid groups (broad SMARTS) is 1. The fraction of sp³-hybridized carbons (Fsp3) is 0.368. The summed E-state index contributed by atoms with van der Waals surface area (Å²) in [7, 11) is 0. The summed E-state index contributed by atoms with van der Waals surface area (Å²) in [5, 5.41) is 16.6. The lowest BCUT2D eigenvalue weighted by Crippen LogP contribution is -2.58. The van der Waals surface area contributed by atoms with Crippen LogP contribution in [0.15, 0.2) is 40.2 Å². The largest absolute Gasteiger partial charge is 0.465 e. The van der Waals surface area contributed by atoms with Crippen LogP contribution in [0.4, 0.5) is 9.18 Å². The Morgan fingerprint density at radius 2 is 1.85 bits per heavy atom. The van der Waals surface area contributed by atoms with E-state index in [0.717, 1.165) is 10.0 Å². The lowest BCUT2D eigenvalue weighted by Gasteiger charge is -2.37. The number of carbonyl (C=O) groups excluding carboxylic acids is 1. The van der Waals surface area contributed by atoms with Gasteiger partial charge in [-0.2, -0.15) is 0 Å². The highest BCUT2D eigenvalue weighted by atomic mass is 79.9. The van der Waals surface area contributed by atoms with Gasteiger partial charge in [-0.3, -0.25) is 4.79 Å². The maximum atomic E-state index is 13.2. The summed E-state index contributed by atoms with van der Waals surface area (Å²) in [5.41, 5.74) is 0.349. The van der Waals surface area contributed by atoms with Crippen LogP contribution in [0.2, 0.25) is 0 Å². The first-order chi connectivity index (χ1) is 12.6. The van der Waals surface area contributed by atoms with Crippen molar-refractivity contribution in [3.8, 4) is 0 Å². The summed E-state index contributed by atoms with van der Waals surface area (Å²) in [6, 6.07) is 6.62. The van der Waals surface area contributed by atoms with Crippen molar-refractivity contribution in [2.75, 3.05) is 0 Å². The molecule has 0 radical (unpaired) electrons. The maximum Gasteiger partial charge on any atom is 0.404 e. The fourth-order valence-electron chi connectivity index (χ4n) is 2.85. The first kappa shape index (κ1) is 21.4. The summed E-state index contributed by atoms with van der Waals surface area (Å²) in [5.74, 6) is -0.627. The lowest BCUT2D eigenvalue weighted by molar-refractivity contribution is 0.0904. The molecule has 0 fully saturated rings. The summed E-state index contributed by atoms with van der Waals surface area (Å²) in [4.78, 5) is 24.5. The standard InChI is InChI=1S/C19H22BrFN2O3S/c1-19(2,3)16(23-18(25)26)14(8-11-4-6-13(21)7-5-11)22-17(24)15-9-12(20)10-27-15/h4-7,9-10,14,16,23H,8H2,1-3H3,(H,22,24)(H,25,26)/t14-,16?/m0/s1. The van der Waals surface area contributed by atoms with Gasteiger partial charge in [0.2, 0.25) is 0 Å². The van der Waals surface area contributed by atoms with E-state index in [-0.39, 0.29) is 11.7 Å². The van der Waals surface area contributed by atoms with Crippen LogP contribution in [0.5, 0.6) is 0 Å². The molecule has 0 saturated heterocycles. The Hall–Kier alpha value is -1.93. The number of thiophene rings is 1. The SMILES string of the molecule is CC(C)(C)C(NC(=O)O)[C@H](Cc1ccc(F)cc1)NC(=O)c1cc(Br)cs1. The molecule has 0 aliphatic heterocycles. The molecule has 0 aliphatic rings. The smallest absolute Gasteiger partial charge is 0.404 e. The number of amides is 2. The summed E-state index contributed by atoms with van der Waals surface area (Å²) in [6.07, 6.45) is -0.798. The minimum atomic E-state index is -1.16. The molecule has 27 heavy (non-hydrogen) atoms. The second kappa shape index (κ2) is 8.84. The van der Waals surface area contributed by atoms with Crippen molar-refractivity contribution in [1.82, 2.24) is 10.6 Å². The van der Waals surface area contributed by atoms with Gasteiger partial charge in [0.15, 0.2) is 0 Å². The van der Waals surface area contributed by atoms with Crippen molar-refractivity contribution in [2.45, 2.75) is 39.3 Å². The van der Waals surface area contributed by atoms with Gasteiger partial charge in [0, 0.05) is 9.85 Å². The van der Waals surface area contributed by atoms with Crippen LogP contribution < -0.4 is 10.6 Å². The first-order valence-corrected chi connectivity index (χ1v) is 10.0. The Balaban J connectivity index is 2.31. The van der Waals surface area contributed by atoms with E-state index < -0.39 is 23.6 Å². The van der Waals surface area contributed by atoms with Gasteiger partial charge in [0.1, 0.15) is 5.82 Å². The molecule has 1 heterocycles. The fourth-order valence-corrected chi connectivity index (χ4v) is 4.18. The Labute approximate surface area is 170 Å². The van der Waals surface area contributed by atoms with Gasteiger partial charge in [0.05, 0.1) is 17.0 Å². The molecule has 3 N–H and O–H groups in total. The third-order valence-corrected chi connectivity index (χ3v) is 5.78. The molecule has 1 unspecified atom stereocenters. The van der Waals surface area contributed by atoms with E-state index in [1.165, 1.54) is 23.5 Å². The average Bonchev–Trinajstić information content (AvgIpc) is 2.99. The molecule has 0 spiro atoms. The molecule has 2 atom stereocenters. The quantitative estimate of drug-likeness (QED) is 0.590. The molecule has 2 rings (SSSR count). The summed E-state index contributed by atoms with van der Waals surface area (Å²) >= 11 is 4.62. The zero-order valence-corrected chi connectivity index (χ0v) is 17.7. The Morgan fingerprint density at radius 3 is 2.33 bits per heavy atom. The Morgan fingerprint density at radius 1 is 1.22 bits per heavy atom. The predicted molar refractivity (Wildman–Crippen MR) is 108 cm³/mol. The van der Waals surface area contributed by atoms with Crippen LogP contribution in [0.1, 0.15) is 36.0 Å². The van der Waals surface area contributed by atoms with Crippen molar-refractivity contribution in [3.63, 3.8) is 0 Å². The molecular formula is C19H22BrFN2O3S. The van der Waals surface area contributed by atoms with Crippen LogP contribution in [-0.4, -0.2) is 29.2 Å². The highest BCUT2D eigenvalue weighted by Gasteiger charge is 2.35. The molecule has 1 aromatic heterocycles. The van der Waals surface area contributed by atoms with E-state index in [2.05, 4.69) is 26.6 Å². The highest BCUT2D eigenvalue weighted by molar-refractivity contribution is 9.10. The van der Waals surface area contributed by atoms with Crippen molar-refractivity contribution in [1.29, 1.82) is 0 Å². The number of carbonyl (C=O) groups is 2. The van der Waals surface area contributed by atoms with Gasteiger partial charge in [-0.1, -0.05) is 32.9 Å². The van der Waals surface area contributed by atoms with E-state index in [4.69, 9.17) is 0 Å². The number of benzene rings is 1. The summed E-state index contributed by atoms with van der Waals surface area (Å²) < 4.78 is 14.0. The van der Waals surface area contributed by atoms with Crippen LogP contribution in [-0.2, 0) is 6.42 Å². The Bertz CT molecular complexity index is 802. The highest BCUT2D eigenvalue weighted by Crippen LogP contribution is 2.25. The molecule has 8 heteroatoms. The zero-order valence-electron chi connectivity index (χ0n) is 15.3. The van der Waals surface area contributed by atoms with Gasteiger partial charge in [0.25, 0.3) is 5.91 Å². The number of halogens is 2. The van der Waals surface area contributed by atoms with Crippen LogP contribution in [0, 0.1) is 11.2 Å². The van der Waals surface area contributed by atoms with E-state index in [1.54, 1.807) is 23.6 Å². The van der Waals surface area contributed by atoms with Gasteiger partial charge in [-0.15, -0.1) is 11.3 Å². The third-order valence-electron chi connectivity index (χ3n) is 4.09. The number of hydrogen-bond acceptors (Lipinski definition) is 3. The molecule has 2 aromatic rings. The van der Waals surface area contributed by atoms with Crippen LogP contribution >= 0.6 is 27.3 Å². The molecule has 146 valence electrons.